The number of aliphatic carboxylic acids is 1. The van der Waals surface area contributed by atoms with Crippen molar-refractivity contribution >= 4 is 63.1 Å². The van der Waals surface area contributed by atoms with E-state index >= 15 is 0 Å². The number of hydrogen-bond acceptors (Lipinski definition) is 3. The van der Waals surface area contributed by atoms with Crippen LogP contribution >= 0.6 is 0 Å². The number of hydrogen-bond donors (Lipinski definition) is 1. The Hall–Kier alpha value is 0.736. The summed E-state index contributed by atoms with van der Waals surface area (Å²) in [4.78, 5) is 21.5. The van der Waals surface area contributed by atoms with Crippen molar-refractivity contribution in [3.8, 4) is 0 Å². The van der Waals surface area contributed by atoms with Crippen molar-refractivity contribution < 1.29 is 14.7 Å². The van der Waals surface area contributed by atoms with Crippen molar-refractivity contribution in [3.63, 3.8) is 0 Å². The van der Waals surface area contributed by atoms with Crippen molar-refractivity contribution in [1.29, 1.82) is 0 Å². The van der Waals surface area contributed by atoms with Gasteiger partial charge in [0.1, 0.15) is 12.2 Å². The van der Waals surface area contributed by atoms with Crippen LogP contribution in [0.3, 0.4) is 0 Å². The molecule has 0 aliphatic rings. The van der Waals surface area contributed by atoms with Gasteiger partial charge >= 0.3 is 5.97 Å². The van der Waals surface area contributed by atoms with Crippen LogP contribution in [-0.4, -0.2) is 94.3 Å². The van der Waals surface area contributed by atoms with E-state index in [9.17, 15) is 9.59 Å². The number of rotatable bonds is 2. The monoisotopic (exact) mass is 200 g/mol. The second kappa shape index (κ2) is 11.7. The number of ketones is 1. The predicted molar refractivity (Wildman–Crippen MR) is 48.3 cm³/mol. The smallest absolute Gasteiger partial charge is 0.310 e. The molecular formula is C7H15KNO3. The number of carbonyl (C=O) groups excluding carboxylic acids is 1. The third-order valence-corrected chi connectivity index (χ3v) is 0.400. The first-order valence-corrected chi connectivity index (χ1v) is 3.18. The Morgan fingerprint density at radius 2 is 1.50 bits per heavy atom. The maximum atomic E-state index is 9.87. The molecule has 0 saturated heterocycles. The van der Waals surface area contributed by atoms with Crippen LogP contribution in [0.1, 0.15) is 13.3 Å². The van der Waals surface area contributed by atoms with E-state index in [2.05, 4.69) is 0 Å². The van der Waals surface area contributed by atoms with Gasteiger partial charge in [0.2, 0.25) is 0 Å². The van der Waals surface area contributed by atoms with Crippen LogP contribution in [-0.2, 0) is 9.59 Å². The Kier molecular flexibility index (Phi) is 18.1. The molecule has 0 amide bonds. The molecule has 0 rings (SSSR count). The molecule has 0 aliphatic carbocycles. The Balaban J connectivity index is -0.000000142. The topological polar surface area (TPSA) is 57.6 Å². The van der Waals surface area contributed by atoms with E-state index in [-0.39, 0.29) is 63.6 Å². The van der Waals surface area contributed by atoms with Crippen LogP contribution in [0.15, 0.2) is 0 Å². The third-order valence-electron chi connectivity index (χ3n) is 0.400. The summed E-state index contributed by atoms with van der Waals surface area (Å²) >= 11 is 0. The Morgan fingerprint density at radius 3 is 1.50 bits per heavy atom. The van der Waals surface area contributed by atoms with E-state index in [1.807, 2.05) is 26.0 Å². The fourth-order valence-electron chi connectivity index (χ4n) is 0.213. The van der Waals surface area contributed by atoms with Crippen molar-refractivity contribution in [3.05, 3.63) is 0 Å². The molecule has 5 heteroatoms. The molecule has 1 N–H and O–H groups in total. The Morgan fingerprint density at radius 1 is 1.25 bits per heavy atom. The van der Waals surface area contributed by atoms with Gasteiger partial charge in [0.15, 0.2) is 0 Å². The van der Waals surface area contributed by atoms with Crippen LogP contribution in [0.5, 0.6) is 0 Å². The summed E-state index contributed by atoms with van der Waals surface area (Å²) in [5.41, 5.74) is 0. The van der Waals surface area contributed by atoms with Crippen LogP contribution in [0.25, 0.3) is 0 Å². The Labute approximate surface area is 116 Å². The van der Waals surface area contributed by atoms with Crippen LogP contribution in [0, 0.1) is 0 Å². The summed E-state index contributed by atoms with van der Waals surface area (Å²) in [5, 5.41) is 7.86. The number of carbonyl (C=O) groups is 2. The quantitative estimate of drug-likeness (QED) is 0.497. The van der Waals surface area contributed by atoms with Gasteiger partial charge in [-0.05, 0) is 28.1 Å². The molecule has 0 aliphatic heterocycles. The van der Waals surface area contributed by atoms with Gasteiger partial charge in [-0.1, -0.05) is 0 Å². The number of carboxylic acid groups (broad SMARTS) is 1. The van der Waals surface area contributed by atoms with Crippen molar-refractivity contribution in [2.24, 2.45) is 0 Å². The molecule has 0 aromatic rings. The molecule has 4 nitrogen and oxygen atoms in total. The van der Waals surface area contributed by atoms with E-state index in [0.29, 0.717) is 0 Å². The average molecular weight is 200 g/mol. The zero-order valence-electron chi connectivity index (χ0n) is 8.42. The molecule has 0 spiro atoms. The number of carboxylic acids is 1. The molecular weight excluding hydrogens is 185 g/mol. The normalized spacial score (nSPS) is 7.75. The summed E-state index contributed by atoms with van der Waals surface area (Å²) in [5.74, 6) is -1.37. The molecule has 0 atom stereocenters. The molecule has 0 aromatic carbocycles. The molecule has 0 heterocycles. The zero-order valence-corrected chi connectivity index (χ0v) is 11.5. The summed E-state index contributed by atoms with van der Waals surface area (Å²) in [7, 11) is 6.00. The molecule has 0 bridgehead atoms. The number of Topliss-reactive ketones (excluding diaryl/α,β-unsaturated/α-hetero) is 1. The maximum Gasteiger partial charge on any atom is 0.310 e. The fourth-order valence-corrected chi connectivity index (χ4v) is 0.213. The first-order chi connectivity index (χ1) is 4.86. The van der Waals surface area contributed by atoms with Gasteiger partial charge in [-0.3, -0.25) is 9.59 Å². The van der Waals surface area contributed by atoms with Gasteiger partial charge in [-0.2, -0.15) is 0 Å². The van der Waals surface area contributed by atoms with E-state index in [4.69, 9.17) is 5.11 Å². The Bertz CT molecular complexity index is 122. The largest absolute Gasteiger partial charge is 0.481 e. The molecule has 12 heavy (non-hydrogen) atoms. The van der Waals surface area contributed by atoms with Crippen molar-refractivity contribution in [1.82, 2.24) is 4.90 Å². The van der Waals surface area contributed by atoms with Gasteiger partial charge in [0, 0.05) is 51.4 Å². The standard InChI is InChI=1S/C4H6O3.C3H9N.K/c1-3(5)2-4(6)7;1-4(2)3;/h2H2,1H3,(H,6,7);1-3H3;. The minimum Gasteiger partial charge on any atom is -0.481 e. The molecule has 0 unspecified atom stereocenters. The number of nitrogens with zero attached hydrogens (tertiary/aromatic N) is 1. The maximum absolute atomic E-state index is 9.87. The van der Waals surface area contributed by atoms with Crippen molar-refractivity contribution in [2.45, 2.75) is 13.3 Å². The second-order valence-corrected chi connectivity index (χ2v) is 2.61. The summed E-state index contributed by atoms with van der Waals surface area (Å²) < 4.78 is 0. The molecule has 0 saturated carbocycles. The second-order valence-electron chi connectivity index (χ2n) is 2.61. The third kappa shape index (κ3) is 45.4. The molecule has 0 aromatic heterocycles. The summed E-state index contributed by atoms with van der Waals surface area (Å²) in [6.07, 6.45) is -0.361. The van der Waals surface area contributed by atoms with Gasteiger partial charge in [0.05, 0.1) is 0 Å². The molecule has 67 valence electrons. The SMILES string of the molecule is CC(=O)CC(=O)O.CN(C)C.[K]. The zero-order chi connectivity index (χ0) is 9.44. The van der Waals surface area contributed by atoms with Crippen LogP contribution in [0.2, 0.25) is 0 Å². The van der Waals surface area contributed by atoms with Crippen LogP contribution in [0.4, 0.5) is 0 Å². The predicted octanol–water partition coefficient (Wildman–Crippen LogP) is -0.153. The van der Waals surface area contributed by atoms with Crippen LogP contribution < -0.4 is 0 Å². The van der Waals surface area contributed by atoms with Gasteiger partial charge < -0.3 is 10.0 Å². The summed E-state index contributed by atoms with van der Waals surface area (Å²) in [6.45, 7) is 1.24. The fraction of sp³-hybridized carbons (Fsp3) is 0.714. The average Bonchev–Trinajstić information content (AvgIpc) is 1.56. The van der Waals surface area contributed by atoms with E-state index in [1.165, 1.54) is 6.92 Å². The van der Waals surface area contributed by atoms with Gasteiger partial charge in [-0.15, -0.1) is 0 Å². The van der Waals surface area contributed by atoms with Gasteiger partial charge in [0.25, 0.3) is 0 Å². The molecule has 0 fully saturated rings. The summed E-state index contributed by atoms with van der Waals surface area (Å²) in [6, 6.07) is 0. The first-order valence-electron chi connectivity index (χ1n) is 3.18. The minimum atomic E-state index is -1.06. The first kappa shape index (κ1) is 18.5. The van der Waals surface area contributed by atoms with E-state index < -0.39 is 5.97 Å². The minimum absolute atomic E-state index is 0. The van der Waals surface area contributed by atoms with E-state index in [1.54, 1.807) is 0 Å². The van der Waals surface area contributed by atoms with Crippen molar-refractivity contribution in [2.75, 3.05) is 21.1 Å². The molecule has 1 radical (unpaired) electrons. The van der Waals surface area contributed by atoms with Gasteiger partial charge in [-0.25, -0.2) is 0 Å². The van der Waals surface area contributed by atoms with E-state index in [0.717, 1.165) is 0 Å².